The fourth-order valence-corrected chi connectivity index (χ4v) is 0.704. The first-order valence-electron chi connectivity index (χ1n) is 3.59. The van der Waals surface area contributed by atoms with E-state index in [0.717, 1.165) is 5.69 Å². The van der Waals surface area contributed by atoms with Gasteiger partial charge in [-0.1, -0.05) is 0 Å². The Morgan fingerprint density at radius 1 is 1.67 bits per heavy atom. The Balaban J connectivity index is 2.64. The zero-order valence-corrected chi connectivity index (χ0v) is 7.38. The van der Waals surface area contributed by atoms with E-state index in [1.165, 1.54) is 4.90 Å². The maximum absolute atomic E-state index is 11.1. The number of carbonyl (C=O) groups is 1. The van der Waals surface area contributed by atoms with E-state index in [9.17, 15) is 4.79 Å². The first-order valence-corrected chi connectivity index (χ1v) is 3.59. The van der Waals surface area contributed by atoms with Gasteiger partial charge in [-0.15, -0.1) is 0 Å². The van der Waals surface area contributed by atoms with E-state index in [1.807, 2.05) is 6.92 Å². The van der Waals surface area contributed by atoms with Crippen LogP contribution in [0.4, 0.5) is 10.5 Å². The molecule has 12 heavy (non-hydrogen) atoms. The number of H-pyrrole nitrogens is 1. The summed E-state index contributed by atoms with van der Waals surface area (Å²) >= 11 is 0. The molecule has 5 nitrogen and oxygen atoms in total. The fourth-order valence-electron chi connectivity index (χ4n) is 0.704. The van der Waals surface area contributed by atoms with E-state index in [-0.39, 0.29) is 6.03 Å². The van der Waals surface area contributed by atoms with Gasteiger partial charge in [0.15, 0.2) is 0 Å². The van der Waals surface area contributed by atoms with Crippen molar-refractivity contribution < 1.29 is 4.79 Å². The molecule has 1 rings (SSSR count). The number of aromatic nitrogens is 2. The van der Waals surface area contributed by atoms with Crippen LogP contribution < -0.4 is 5.32 Å². The predicted molar refractivity (Wildman–Crippen MR) is 46.0 cm³/mol. The zero-order chi connectivity index (χ0) is 9.14. The van der Waals surface area contributed by atoms with Crippen molar-refractivity contribution in [3.8, 4) is 0 Å². The quantitative estimate of drug-likeness (QED) is 0.652. The Labute approximate surface area is 70.8 Å². The second-order valence-corrected chi connectivity index (χ2v) is 2.73. The average Bonchev–Trinajstić information content (AvgIpc) is 2.36. The van der Waals surface area contributed by atoms with Gasteiger partial charge in [0.05, 0.1) is 17.6 Å². The Bertz CT molecular complexity index is 279. The van der Waals surface area contributed by atoms with Gasteiger partial charge in [0.2, 0.25) is 0 Å². The molecular weight excluding hydrogens is 156 g/mol. The molecule has 0 aliphatic heterocycles. The third-order valence-corrected chi connectivity index (χ3v) is 1.48. The average molecular weight is 168 g/mol. The van der Waals surface area contributed by atoms with Crippen molar-refractivity contribution in [3.05, 3.63) is 11.9 Å². The maximum atomic E-state index is 11.1. The van der Waals surface area contributed by atoms with E-state index in [0.29, 0.717) is 5.69 Å². The van der Waals surface area contributed by atoms with Crippen molar-refractivity contribution in [1.29, 1.82) is 0 Å². The highest BCUT2D eigenvalue weighted by Crippen LogP contribution is 2.09. The molecule has 2 N–H and O–H groups in total. The van der Waals surface area contributed by atoms with Gasteiger partial charge in [-0.05, 0) is 6.92 Å². The van der Waals surface area contributed by atoms with E-state index in [1.54, 1.807) is 20.3 Å². The normalized spacial score (nSPS) is 9.58. The molecule has 0 saturated carbocycles. The van der Waals surface area contributed by atoms with E-state index in [2.05, 4.69) is 15.5 Å². The maximum Gasteiger partial charge on any atom is 0.321 e. The lowest BCUT2D eigenvalue weighted by Crippen LogP contribution is -2.27. The van der Waals surface area contributed by atoms with Crippen LogP contribution in [0.1, 0.15) is 5.69 Å². The number of nitrogens with zero attached hydrogens (tertiary/aromatic N) is 2. The predicted octanol–water partition coefficient (Wildman–Crippen LogP) is 0.812. The van der Waals surface area contributed by atoms with Crippen LogP contribution in [-0.2, 0) is 0 Å². The van der Waals surface area contributed by atoms with Crippen molar-refractivity contribution in [2.45, 2.75) is 6.92 Å². The lowest BCUT2D eigenvalue weighted by Gasteiger charge is -2.10. The number of aryl methyl sites for hydroxylation is 1. The molecule has 2 amide bonds. The molecule has 0 radical (unpaired) electrons. The van der Waals surface area contributed by atoms with Gasteiger partial charge < -0.3 is 10.2 Å². The summed E-state index contributed by atoms with van der Waals surface area (Å²) in [5, 5.41) is 9.19. The topological polar surface area (TPSA) is 61.0 Å². The molecule has 1 aromatic heterocycles. The number of hydrogen-bond donors (Lipinski definition) is 2. The number of nitrogens with one attached hydrogen (secondary N) is 2. The van der Waals surface area contributed by atoms with Gasteiger partial charge in [0.1, 0.15) is 0 Å². The lowest BCUT2D eigenvalue weighted by molar-refractivity contribution is 0.230. The van der Waals surface area contributed by atoms with Gasteiger partial charge >= 0.3 is 6.03 Å². The lowest BCUT2D eigenvalue weighted by atomic mass is 10.4. The van der Waals surface area contributed by atoms with Gasteiger partial charge in [-0.25, -0.2) is 4.79 Å². The van der Waals surface area contributed by atoms with Crippen LogP contribution in [0.5, 0.6) is 0 Å². The van der Waals surface area contributed by atoms with Crippen molar-refractivity contribution in [3.63, 3.8) is 0 Å². The molecule has 0 bridgehead atoms. The first-order chi connectivity index (χ1) is 5.61. The van der Waals surface area contributed by atoms with Crippen molar-refractivity contribution in [1.82, 2.24) is 15.1 Å². The minimum Gasteiger partial charge on any atom is -0.331 e. The van der Waals surface area contributed by atoms with Crippen LogP contribution in [0.3, 0.4) is 0 Å². The molecule has 0 saturated heterocycles. The molecule has 0 aliphatic rings. The molecule has 5 heteroatoms. The van der Waals surface area contributed by atoms with Crippen LogP contribution in [0.2, 0.25) is 0 Å². The summed E-state index contributed by atoms with van der Waals surface area (Å²) < 4.78 is 0. The smallest absolute Gasteiger partial charge is 0.321 e. The Hall–Kier alpha value is -1.52. The number of carbonyl (C=O) groups excluding carboxylic acids is 1. The largest absolute Gasteiger partial charge is 0.331 e. The standard InChI is InChI=1S/C7H12N4O/c1-5-6(4-8-10-5)9-7(12)11(2)3/h4H,1-3H3,(H,8,10)(H,9,12). The SMILES string of the molecule is Cc1[nH]ncc1NC(=O)N(C)C. The third-order valence-electron chi connectivity index (χ3n) is 1.48. The molecular formula is C7H12N4O. The first kappa shape index (κ1) is 8.58. The minimum atomic E-state index is -0.153. The third kappa shape index (κ3) is 1.75. The number of urea groups is 1. The summed E-state index contributed by atoms with van der Waals surface area (Å²) in [7, 11) is 3.37. The number of aromatic amines is 1. The Morgan fingerprint density at radius 3 is 2.75 bits per heavy atom. The molecule has 0 fully saturated rings. The van der Waals surface area contributed by atoms with Crippen LogP contribution in [-0.4, -0.2) is 35.2 Å². The number of anilines is 1. The summed E-state index contributed by atoms with van der Waals surface area (Å²) in [6, 6.07) is -0.153. The molecule has 66 valence electrons. The van der Waals surface area contributed by atoms with Crippen LogP contribution in [0.25, 0.3) is 0 Å². The van der Waals surface area contributed by atoms with Gasteiger partial charge in [0, 0.05) is 14.1 Å². The van der Waals surface area contributed by atoms with Crippen molar-refractivity contribution >= 4 is 11.7 Å². The summed E-state index contributed by atoms with van der Waals surface area (Å²) in [5.74, 6) is 0. The van der Waals surface area contributed by atoms with Gasteiger partial charge in [0.25, 0.3) is 0 Å². The van der Waals surface area contributed by atoms with Gasteiger partial charge in [-0.3, -0.25) is 5.10 Å². The summed E-state index contributed by atoms with van der Waals surface area (Å²) in [4.78, 5) is 12.6. The monoisotopic (exact) mass is 168 g/mol. The molecule has 0 unspecified atom stereocenters. The Morgan fingerprint density at radius 2 is 2.33 bits per heavy atom. The molecule has 0 atom stereocenters. The molecule has 0 spiro atoms. The molecule has 0 aromatic carbocycles. The van der Waals surface area contributed by atoms with E-state index < -0.39 is 0 Å². The molecule has 1 aromatic rings. The van der Waals surface area contributed by atoms with Crippen LogP contribution in [0, 0.1) is 6.92 Å². The highest BCUT2D eigenvalue weighted by atomic mass is 16.2. The van der Waals surface area contributed by atoms with Gasteiger partial charge in [-0.2, -0.15) is 5.10 Å². The van der Waals surface area contributed by atoms with Crippen LogP contribution >= 0.6 is 0 Å². The number of amides is 2. The summed E-state index contributed by atoms with van der Waals surface area (Å²) in [6.07, 6.45) is 1.58. The molecule has 1 heterocycles. The number of rotatable bonds is 1. The van der Waals surface area contributed by atoms with E-state index >= 15 is 0 Å². The highest BCUT2D eigenvalue weighted by Gasteiger charge is 2.06. The van der Waals surface area contributed by atoms with Crippen LogP contribution in [0.15, 0.2) is 6.20 Å². The second-order valence-electron chi connectivity index (χ2n) is 2.73. The summed E-state index contributed by atoms with van der Waals surface area (Å²) in [6.45, 7) is 1.85. The second kappa shape index (κ2) is 3.25. The molecule has 0 aliphatic carbocycles. The Kier molecular flexibility index (Phi) is 2.32. The van der Waals surface area contributed by atoms with Crippen molar-refractivity contribution in [2.24, 2.45) is 0 Å². The minimum absolute atomic E-state index is 0.153. The van der Waals surface area contributed by atoms with Crippen molar-refractivity contribution in [2.75, 3.05) is 19.4 Å². The summed E-state index contributed by atoms with van der Waals surface area (Å²) in [5.41, 5.74) is 1.57. The highest BCUT2D eigenvalue weighted by molar-refractivity contribution is 5.89. The fraction of sp³-hybridized carbons (Fsp3) is 0.429. The van der Waals surface area contributed by atoms with E-state index in [4.69, 9.17) is 0 Å². The zero-order valence-electron chi connectivity index (χ0n) is 7.38. The number of hydrogen-bond acceptors (Lipinski definition) is 2.